The molecule has 0 amide bonds. The number of thiocarbonyl (C=S) groups is 1. The normalized spacial score (nSPS) is 5.50. The molecule has 0 unspecified atom stereocenters. The van der Waals surface area contributed by atoms with Crippen molar-refractivity contribution in [2.24, 2.45) is 11.6 Å². The van der Waals surface area contributed by atoms with Crippen LogP contribution in [-0.2, 0) is 16.5 Å². The molecule has 3 nitrogen and oxygen atoms in total. The first-order valence-electron chi connectivity index (χ1n) is 1.03. The summed E-state index contributed by atoms with van der Waals surface area (Å²) in [6.45, 7) is 0. The second-order valence-corrected chi connectivity index (χ2v) is 0.948. The van der Waals surface area contributed by atoms with Crippen LogP contribution in [0.1, 0.15) is 0 Å². The van der Waals surface area contributed by atoms with E-state index in [0.29, 0.717) is 0 Å². The van der Waals surface area contributed by atoms with E-state index in [0.717, 1.165) is 0 Å². The quantitative estimate of drug-likeness (QED) is 0.173. The second kappa shape index (κ2) is 5.14. The van der Waals surface area contributed by atoms with Crippen molar-refractivity contribution in [3.8, 4) is 0 Å². The van der Waals surface area contributed by atoms with Gasteiger partial charge in [-0.2, -0.15) is 0 Å². The zero-order chi connectivity index (χ0) is 4.28. The van der Waals surface area contributed by atoms with E-state index < -0.39 is 0 Å². The molecule has 0 heterocycles. The molecule has 0 fully saturated rings. The molecule has 5 N–H and O–H groups in total. The van der Waals surface area contributed by atoms with Crippen LogP contribution in [-0.4, -0.2) is 5.11 Å². The minimum atomic E-state index is 0. The van der Waals surface area contributed by atoms with Crippen molar-refractivity contribution in [1.29, 1.82) is 0 Å². The fraction of sp³-hybridized carbons (Fsp3) is 0. The van der Waals surface area contributed by atoms with Crippen LogP contribution >= 0.6 is 12.2 Å². The van der Waals surface area contributed by atoms with E-state index in [1.54, 1.807) is 0 Å². The molecule has 0 aromatic heterocycles. The van der Waals surface area contributed by atoms with Gasteiger partial charge in [0, 0.05) is 16.5 Å². The van der Waals surface area contributed by atoms with Gasteiger partial charge < -0.3 is 11.2 Å². The summed E-state index contributed by atoms with van der Waals surface area (Å²) in [5.41, 5.74) is 6.82. The molecule has 0 aromatic rings. The summed E-state index contributed by atoms with van der Waals surface area (Å²) in [6.07, 6.45) is 0. The fourth-order valence-electron chi connectivity index (χ4n) is 0. The predicted molar refractivity (Wildman–Crippen MR) is 24.1 cm³/mol. The van der Waals surface area contributed by atoms with E-state index >= 15 is 0 Å². The van der Waals surface area contributed by atoms with Gasteiger partial charge in [0.2, 0.25) is 0 Å². The van der Waals surface area contributed by atoms with Gasteiger partial charge in [-0.1, -0.05) is 0 Å². The summed E-state index contributed by atoms with van der Waals surface area (Å²) in [5.74, 6) is 4.66. The molecule has 0 radical (unpaired) electrons. The van der Waals surface area contributed by atoms with Crippen LogP contribution in [0.5, 0.6) is 0 Å². The first-order chi connectivity index (χ1) is 2.27. The van der Waals surface area contributed by atoms with Crippen molar-refractivity contribution in [3.05, 3.63) is 0 Å². The molecule has 0 aliphatic carbocycles. The summed E-state index contributed by atoms with van der Waals surface area (Å²) >= 11 is 4.24. The maximum Gasteiger partial charge on any atom is 0.177 e. The van der Waals surface area contributed by atoms with Crippen LogP contribution in [0.15, 0.2) is 0 Å². The molecule has 0 aliphatic rings. The summed E-state index contributed by atoms with van der Waals surface area (Å²) in [6, 6.07) is 0. The number of hydrogen-bond donors (Lipinski definition) is 3. The Morgan fingerprint density at radius 1 is 1.67 bits per heavy atom. The second-order valence-electron chi connectivity index (χ2n) is 0.509. The third-order valence-corrected chi connectivity index (χ3v) is 0.260. The van der Waals surface area contributed by atoms with Crippen molar-refractivity contribution in [1.82, 2.24) is 5.43 Å². The Kier molecular flexibility index (Phi) is 8.12. The first kappa shape index (κ1) is 9.47. The third kappa shape index (κ3) is 8.91. The van der Waals surface area contributed by atoms with Crippen molar-refractivity contribution < 1.29 is 16.5 Å². The SMILES string of the molecule is NNC(N)=S.[Ni]. The molecule has 0 spiro atoms. The van der Waals surface area contributed by atoms with Crippen molar-refractivity contribution in [2.45, 2.75) is 0 Å². The number of rotatable bonds is 0. The zero-order valence-electron chi connectivity index (χ0n) is 2.88. The van der Waals surface area contributed by atoms with Crippen molar-refractivity contribution >= 4 is 17.3 Å². The monoisotopic (exact) mass is 149 g/mol. The topological polar surface area (TPSA) is 64.1 Å². The molecular weight excluding hydrogens is 145 g/mol. The maximum atomic E-state index is 4.79. The van der Waals surface area contributed by atoms with Crippen LogP contribution in [0.25, 0.3) is 0 Å². The van der Waals surface area contributed by atoms with E-state index in [-0.39, 0.29) is 21.6 Å². The number of nitrogens with one attached hydrogen (secondary N) is 1. The Morgan fingerprint density at radius 3 is 1.83 bits per heavy atom. The van der Waals surface area contributed by atoms with Gasteiger partial charge >= 0.3 is 0 Å². The van der Waals surface area contributed by atoms with Gasteiger partial charge in [-0.05, 0) is 12.2 Å². The summed E-state index contributed by atoms with van der Waals surface area (Å²) in [4.78, 5) is 0. The largest absolute Gasteiger partial charge is 0.375 e. The molecule has 0 atom stereocenters. The van der Waals surface area contributed by atoms with Crippen LogP contribution in [0, 0.1) is 0 Å². The Bertz CT molecular complexity index is 46.1. The average Bonchev–Trinajstić information content (AvgIpc) is 1.38. The van der Waals surface area contributed by atoms with Gasteiger partial charge in [0.1, 0.15) is 0 Å². The molecular formula is CH5N3NiS. The predicted octanol–water partition coefficient (Wildman–Crippen LogP) is -1.31. The summed E-state index contributed by atoms with van der Waals surface area (Å²) < 4.78 is 0. The average molecular weight is 150 g/mol. The van der Waals surface area contributed by atoms with E-state index in [4.69, 9.17) is 5.73 Å². The van der Waals surface area contributed by atoms with E-state index in [9.17, 15) is 0 Å². The first-order valence-corrected chi connectivity index (χ1v) is 1.44. The number of hydrogen-bond acceptors (Lipinski definition) is 2. The molecule has 6 heavy (non-hydrogen) atoms. The number of hydrazine groups is 1. The molecule has 0 bridgehead atoms. The van der Waals surface area contributed by atoms with Gasteiger partial charge in [0.25, 0.3) is 0 Å². The van der Waals surface area contributed by atoms with Gasteiger partial charge in [0.05, 0.1) is 0 Å². The van der Waals surface area contributed by atoms with Crippen LogP contribution in [0.3, 0.4) is 0 Å². The Balaban J connectivity index is 0. The Morgan fingerprint density at radius 2 is 1.83 bits per heavy atom. The Hall–Kier alpha value is 0.144. The van der Waals surface area contributed by atoms with Gasteiger partial charge in [-0.15, -0.1) is 0 Å². The number of nitrogens with two attached hydrogens (primary N) is 2. The third-order valence-electron chi connectivity index (χ3n) is 0.142. The molecule has 0 saturated heterocycles. The maximum absolute atomic E-state index is 4.79. The molecule has 0 rings (SSSR count). The molecule has 0 saturated carbocycles. The van der Waals surface area contributed by atoms with E-state index in [1.807, 2.05) is 5.43 Å². The van der Waals surface area contributed by atoms with Gasteiger partial charge in [0.15, 0.2) is 5.11 Å². The summed E-state index contributed by atoms with van der Waals surface area (Å²) in [7, 11) is 0. The van der Waals surface area contributed by atoms with Gasteiger partial charge in [-0.25, -0.2) is 5.84 Å². The minimum absolute atomic E-state index is 0. The molecule has 40 valence electrons. The van der Waals surface area contributed by atoms with Crippen LogP contribution in [0.4, 0.5) is 0 Å². The van der Waals surface area contributed by atoms with Crippen LogP contribution < -0.4 is 17.0 Å². The standard InChI is InChI=1S/CH5N3S.Ni/c2-1(5)4-3;/h3H2,(H3,2,4,5);. The van der Waals surface area contributed by atoms with Crippen LogP contribution in [0.2, 0.25) is 0 Å². The van der Waals surface area contributed by atoms with Crippen molar-refractivity contribution in [3.63, 3.8) is 0 Å². The fourth-order valence-corrected chi connectivity index (χ4v) is 0. The zero-order valence-corrected chi connectivity index (χ0v) is 4.68. The minimum Gasteiger partial charge on any atom is -0.375 e. The molecule has 0 aromatic carbocycles. The Labute approximate surface area is 51.3 Å². The van der Waals surface area contributed by atoms with Gasteiger partial charge in [-0.3, -0.25) is 0 Å². The van der Waals surface area contributed by atoms with E-state index in [2.05, 4.69) is 18.1 Å². The molecule has 0 aliphatic heterocycles. The van der Waals surface area contributed by atoms with E-state index in [1.165, 1.54) is 0 Å². The molecule has 5 heteroatoms. The smallest absolute Gasteiger partial charge is 0.177 e. The van der Waals surface area contributed by atoms with Crippen molar-refractivity contribution in [2.75, 3.05) is 0 Å². The summed E-state index contributed by atoms with van der Waals surface area (Å²) in [5, 5.41) is 0.116.